The molecule has 1 nitrogen and oxygen atoms in total. The van der Waals surface area contributed by atoms with Gasteiger partial charge >= 0.3 is 0 Å². The Hall–Kier alpha value is -0.0400. The van der Waals surface area contributed by atoms with Crippen LogP contribution in [0.5, 0.6) is 0 Å². The zero-order valence-electron chi connectivity index (χ0n) is 10.5. The lowest BCUT2D eigenvalue weighted by molar-refractivity contribution is 0.0834. The Bertz CT molecular complexity index is 110. The third kappa shape index (κ3) is 8.55. The molecule has 0 aromatic heterocycles. The summed E-state index contributed by atoms with van der Waals surface area (Å²) in [4.78, 5) is 0. The lowest BCUT2D eigenvalue weighted by Gasteiger charge is -2.14. The first-order valence-corrected chi connectivity index (χ1v) is 6.23. The van der Waals surface area contributed by atoms with Crippen molar-refractivity contribution in [3.8, 4) is 0 Å². The molecule has 0 spiro atoms. The summed E-state index contributed by atoms with van der Waals surface area (Å²) in [5.41, 5.74) is 0. The second-order valence-corrected chi connectivity index (χ2v) is 4.68. The van der Waals surface area contributed by atoms with E-state index in [4.69, 9.17) is 4.74 Å². The van der Waals surface area contributed by atoms with E-state index in [1.165, 1.54) is 44.9 Å². The summed E-state index contributed by atoms with van der Waals surface area (Å²) in [5, 5.41) is 0. The van der Waals surface area contributed by atoms with Gasteiger partial charge in [-0.05, 0) is 18.8 Å². The van der Waals surface area contributed by atoms with Crippen molar-refractivity contribution >= 4 is 0 Å². The second kappa shape index (κ2) is 9.51. The fourth-order valence-electron chi connectivity index (χ4n) is 1.74. The predicted octanol–water partition coefficient (Wildman–Crippen LogP) is 4.41. The van der Waals surface area contributed by atoms with Gasteiger partial charge in [-0.2, -0.15) is 0 Å². The summed E-state index contributed by atoms with van der Waals surface area (Å²) >= 11 is 0. The molecular weight excluding hydrogens is 172 g/mol. The van der Waals surface area contributed by atoms with Gasteiger partial charge in [0, 0.05) is 7.11 Å². The van der Waals surface area contributed by atoms with E-state index in [9.17, 15) is 0 Å². The molecule has 0 fully saturated rings. The highest BCUT2D eigenvalue weighted by atomic mass is 16.5. The van der Waals surface area contributed by atoms with Crippen LogP contribution < -0.4 is 0 Å². The number of hydrogen-bond donors (Lipinski definition) is 0. The average Bonchev–Trinajstić information content (AvgIpc) is 2.16. The van der Waals surface area contributed by atoms with Crippen LogP contribution in [0.4, 0.5) is 0 Å². The summed E-state index contributed by atoms with van der Waals surface area (Å²) in [5.74, 6) is 0.853. The van der Waals surface area contributed by atoms with Crippen LogP contribution in [0.3, 0.4) is 0 Å². The highest BCUT2D eigenvalue weighted by molar-refractivity contribution is 4.58. The van der Waals surface area contributed by atoms with Crippen LogP contribution in [-0.2, 0) is 4.74 Å². The minimum Gasteiger partial charge on any atom is -0.381 e. The Labute approximate surface area is 90.2 Å². The zero-order chi connectivity index (χ0) is 10.8. The SMILES string of the molecule is CCCC[C@@H](CCCCC(C)C)OC. The fourth-order valence-corrected chi connectivity index (χ4v) is 1.74. The van der Waals surface area contributed by atoms with Gasteiger partial charge in [-0.25, -0.2) is 0 Å². The molecule has 86 valence electrons. The van der Waals surface area contributed by atoms with E-state index in [2.05, 4.69) is 20.8 Å². The Balaban J connectivity index is 3.33. The highest BCUT2D eigenvalue weighted by Gasteiger charge is 2.06. The van der Waals surface area contributed by atoms with Crippen molar-refractivity contribution in [3.05, 3.63) is 0 Å². The lowest BCUT2D eigenvalue weighted by atomic mass is 10.0. The third-order valence-corrected chi connectivity index (χ3v) is 2.77. The van der Waals surface area contributed by atoms with Crippen molar-refractivity contribution in [2.45, 2.75) is 71.8 Å². The largest absolute Gasteiger partial charge is 0.381 e. The molecule has 0 aliphatic rings. The van der Waals surface area contributed by atoms with E-state index in [-0.39, 0.29) is 0 Å². The van der Waals surface area contributed by atoms with Crippen LogP contribution in [0.1, 0.15) is 65.7 Å². The van der Waals surface area contributed by atoms with Gasteiger partial charge in [-0.1, -0.05) is 52.9 Å². The minimum atomic E-state index is 0.516. The number of rotatable bonds is 9. The molecule has 14 heavy (non-hydrogen) atoms. The Morgan fingerprint density at radius 3 is 2.00 bits per heavy atom. The molecule has 0 N–H and O–H groups in total. The number of unbranched alkanes of at least 4 members (excludes halogenated alkanes) is 2. The molecule has 0 radical (unpaired) electrons. The fraction of sp³-hybridized carbons (Fsp3) is 1.00. The van der Waals surface area contributed by atoms with E-state index in [1.807, 2.05) is 7.11 Å². The quantitative estimate of drug-likeness (QED) is 0.501. The average molecular weight is 200 g/mol. The van der Waals surface area contributed by atoms with Crippen molar-refractivity contribution in [2.75, 3.05) is 7.11 Å². The molecule has 0 saturated carbocycles. The molecule has 0 saturated heterocycles. The maximum atomic E-state index is 5.46. The first-order valence-electron chi connectivity index (χ1n) is 6.23. The van der Waals surface area contributed by atoms with E-state index in [0.29, 0.717) is 6.10 Å². The van der Waals surface area contributed by atoms with Gasteiger partial charge in [0.1, 0.15) is 0 Å². The molecule has 0 aliphatic heterocycles. The van der Waals surface area contributed by atoms with Crippen molar-refractivity contribution in [1.29, 1.82) is 0 Å². The molecule has 0 aliphatic carbocycles. The summed E-state index contributed by atoms with van der Waals surface area (Å²) in [6.07, 6.45) is 9.67. The van der Waals surface area contributed by atoms with Crippen molar-refractivity contribution in [2.24, 2.45) is 5.92 Å². The Kier molecular flexibility index (Phi) is 9.49. The van der Waals surface area contributed by atoms with Crippen LogP contribution in [0.2, 0.25) is 0 Å². The van der Waals surface area contributed by atoms with E-state index < -0.39 is 0 Å². The Morgan fingerprint density at radius 2 is 1.50 bits per heavy atom. The summed E-state index contributed by atoms with van der Waals surface area (Å²) in [6.45, 7) is 6.83. The molecule has 1 atom stereocenters. The second-order valence-electron chi connectivity index (χ2n) is 4.68. The van der Waals surface area contributed by atoms with Crippen LogP contribution >= 0.6 is 0 Å². The summed E-state index contributed by atoms with van der Waals surface area (Å²) in [6, 6.07) is 0. The van der Waals surface area contributed by atoms with Crippen molar-refractivity contribution in [1.82, 2.24) is 0 Å². The molecule has 0 unspecified atom stereocenters. The molecule has 0 bridgehead atoms. The smallest absolute Gasteiger partial charge is 0.0571 e. The predicted molar refractivity (Wildman–Crippen MR) is 63.6 cm³/mol. The summed E-state index contributed by atoms with van der Waals surface area (Å²) in [7, 11) is 1.85. The first kappa shape index (κ1) is 14.0. The van der Waals surface area contributed by atoms with Gasteiger partial charge in [0.25, 0.3) is 0 Å². The van der Waals surface area contributed by atoms with E-state index in [0.717, 1.165) is 5.92 Å². The van der Waals surface area contributed by atoms with Gasteiger partial charge in [0.15, 0.2) is 0 Å². The first-order chi connectivity index (χ1) is 6.70. The summed E-state index contributed by atoms with van der Waals surface area (Å²) < 4.78 is 5.46. The van der Waals surface area contributed by atoms with Gasteiger partial charge in [0.05, 0.1) is 6.10 Å². The minimum absolute atomic E-state index is 0.516. The van der Waals surface area contributed by atoms with Crippen molar-refractivity contribution < 1.29 is 4.74 Å². The number of methoxy groups -OCH3 is 1. The monoisotopic (exact) mass is 200 g/mol. The maximum Gasteiger partial charge on any atom is 0.0571 e. The molecule has 0 heterocycles. The molecule has 1 heteroatoms. The molecule has 0 amide bonds. The molecular formula is C13H28O. The highest BCUT2D eigenvalue weighted by Crippen LogP contribution is 2.14. The van der Waals surface area contributed by atoms with Gasteiger partial charge in [-0.15, -0.1) is 0 Å². The normalized spacial score (nSPS) is 13.5. The third-order valence-electron chi connectivity index (χ3n) is 2.77. The Morgan fingerprint density at radius 1 is 0.929 bits per heavy atom. The van der Waals surface area contributed by atoms with Crippen LogP contribution in [0.25, 0.3) is 0 Å². The standard InChI is InChI=1S/C13H28O/c1-5-6-10-13(14-4)11-8-7-9-12(2)3/h12-13H,5-11H2,1-4H3/t13-/m0/s1. The van der Waals surface area contributed by atoms with Crippen LogP contribution in [-0.4, -0.2) is 13.2 Å². The van der Waals surface area contributed by atoms with Crippen molar-refractivity contribution in [3.63, 3.8) is 0 Å². The number of hydrogen-bond acceptors (Lipinski definition) is 1. The topological polar surface area (TPSA) is 9.23 Å². The van der Waals surface area contributed by atoms with E-state index in [1.54, 1.807) is 0 Å². The number of ether oxygens (including phenoxy) is 1. The van der Waals surface area contributed by atoms with Gasteiger partial charge in [-0.3, -0.25) is 0 Å². The van der Waals surface area contributed by atoms with E-state index >= 15 is 0 Å². The van der Waals surface area contributed by atoms with Crippen LogP contribution in [0.15, 0.2) is 0 Å². The molecule has 0 aromatic rings. The lowest BCUT2D eigenvalue weighted by Crippen LogP contribution is -2.10. The zero-order valence-corrected chi connectivity index (χ0v) is 10.5. The maximum absolute atomic E-state index is 5.46. The van der Waals surface area contributed by atoms with Gasteiger partial charge in [0.2, 0.25) is 0 Å². The van der Waals surface area contributed by atoms with Gasteiger partial charge < -0.3 is 4.74 Å². The molecule has 0 rings (SSSR count). The van der Waals surface area contributed by atoms with Crippen LogP contribution in [0, 0.1) is 5.92 Å². The molecule has 0 aromatic carbocycles.